The Balaban J connectivity index is 1.05. The summed E-state index contributed by atoms with van der Waals surface area (Å²) < 4.78 is 18.5. The second-order valence-corrected chi connectivity index (χ2v) is 11.6. The number of hydrogen-bond donors (Lipinski definition) is 0. The maximum atomic E-state index is 13.1. The molecule has 2 heterocycles. The van der Waals surface area contributed by atoms with Crippen LogP contribution in [-0.2, 0) is 27.8 Å². The zero-order valence-corrected chi connectivity index (χ0v) is 21.3. The van der Waals surface area contributed by atoms with Gasteiger partial charge in [0, 0.05) is 36.6 Å². The van der Waals surface area contributed by atoms with Crippen LogP contribution in [0, 0.1) is 11.8 Å². The number of piperidine rings is 1. The lowest BCUT2D eigenvalue weighted by molar-refractivity contribution is -0.140. The van der Waals surface area contributed by atoms with Crippen molar-refractivity contribution in [1.82, 2.24) is 4.90 Å². The number of methoxy groups -OCH3 is 1. The van der Waals surface area contributed by atoms with Gasteiger partial charge in [-0.1, -0.05) is 36.4 Å². The molecule has 5 nitrogen and oxygen atoms in total. The summed E-state index contributed by atoms with van der Waals surface area (Å²) in [6, 6.07) is 15.5. The molecule has 6 atom stereocenters. The fourth-order valence-corrected chi connectivity index (χ4v) is 8.21. The molecule has 1 saturated heterocycles. The molecule has 3 fully saturated rings. The summed E-state index contributed by atoms with van der Waals surface area (Å²) in [5.74, 6) is 3.04. The van der Waals surface area contributed by atoms with Crippen LogP contribution < -0.4 is 9.47 Å². The summed E-state index contributed by atoms with van der Waals surface area (Å²) in [5, 5.41) is 0. The number of nitrogens with zero attached hydrogens (tertiary/aromatic N) is 1. The molecule has 0 amide bonds. The Morgan fingerprint density at radius 3 is 2.81 bits per heavy atom. The van der Waals surface area contributed by atoms with Crippen molar-refractivity contribution in [3.05, 3.63) is 59.2 Å². The zero-order chi connectivity index (χ0) is 24.3. The number of aryl methyl sites for hydroxylation is 1. The van der Waals surface area contributed by atoms with Gasteiger partial charge in [-0.3, -0.25) is 9.69 Å². The fraction of sp³-hybridized carbons (Fsp3) is 0.581. The average molecular weight is 488 g/mol. The molecule has 5 heteroatoms. The molecule has 190 valence electrons. The Hall–Kier alpha value is -2.37. The van der Waals surface area contributed by atoms with Gasteiger partial charge in [-0.2, -0.15) is 0 Å². The number of rotatable bonds is 8. The summed E-state index contributed by atoms with van der Waals surface area (Å²) in [6.45, 7) is 3.02. The van der Waals surface area contributed by atoms with Crippen LogP contribution in [0.1, 0.15) is 55.2 Å². The predicted octanol–water partition coefficient (Wildman–Crippen LogP) is 4.73. The van der Waals surface area contributed by atoms with E-state index in [0.29, 0.717) is 30.4 Å². The highest BCUT2D eigenvalue weighted by molar-refractivity contribution is 5.89. The Labute approximate surface area is 214 Å². The third-order valence-electron chi connectivity index (χ3n) is 10.0. The van der Waals surface area contributed by atoms with Gasteiger partial charge in [0.05, 0.1) is 13.2 Å². The Morgan fingerprint density at radius 2 is 2.00 bits per heavy atom. The molecule has 7 rings (SSSR count). The lowest BCUT2D eigenvalue weighted by Gasteiger charge is -2.58. The second-order valence-electron chi connectivity index (χ2n) is 11.6. The van der Waals surface area contributed by atoms with Gasteiger partial charge in [0.2, 0.25) is 0 Å². The maximum Gasteiger partial charge on any atom is 0.174 e. The Morgan fingerprint density at radius 1 is 1.11 bits per heavy atom. The topological polar surface area (TPSA) is 48.0 Å². The van der Waals surface area contributed by atoms with Crippen molar-refractivity contribution >= 4 is 5.78 Å². The van der Waals surface area contributed by atoms with Crippen molar-refractivity contribution in [2.45, 2.75) is 75.0 Å². The summed E-state index contributed by atoms with van der Waals surface area (Å²) in [4.78, 5) is 15.9. The first-order valence-electron chi connectivity index (χ1n) is 14.0. The number of benzene rings is 2. The SMILES string of the molecule is COc1ccc2c3c1O[C@H]1C(=O)CC[C@H]4[C@@H](C2)N(CC2CCC2OCCCc2ccccc2)CC[C@]314. The number of carbonyl (C=O) groups excluding carboxylic acids is 1. The minimum Gasteiger partial charge on any atom is -0.493 e. The van der Waals surface area contributed by atoms with E-state index >= 15 is 0 Å². The molecule has 0 N–H and O–H groups in total. The number of carbonyl (C=O) groups is 1. The van der Waals surface area contributed by atoms with Gasteiger partial charge in [-0.15, -0.1) is 0 Å². The highest BCUT2D eigenvalue weighted by Crippen LogP contribution is 2.63. The van der Waals surface area contributed by atoms with E-state index in [4.69, 9.17) is 14.2 Å². The molecule has 2 aromatic carbocycles. The third-order valence-corrected chi connectivity index (χ3v) is 10.0. The molecule has 0 radical (unpaired) electrons. The van der Waals surface area contributed by atoms with Gasteiger partial charge < -0.3 is 14.2 Å². The number of Topliss-reactive ketones (excluding diaryl/α,β-unsaturated/α-hetero) is 1. The minimum absolute atomic E-state index is 0.152. The summed E-state index contributed by atoms with van der Waals surface area (Å²) in [7, 11) is 1.70. The van der Waals surface area contributed by atoms with E-state index in [9.17, 15) is 4.79 Å². The van der Waals surface area contributed by atoms with Gasteiger partial charge in [0.25, 0.3) is 0 Å². The lowest BCUT2D eigenvalue weighted by atomic mass is 9.51. The van der Waals surface area contributed by atoms with Crippen LogP contribution in [0.2, 0.25) is 0 Å². The first-order chi connectivity index (χ1) is 17.7. The monoisotopic (exact) mass is 487 g/mol. The fourth-order valence-electron chi connectivity index (χ4n) is 8.21. The minimum atomic E-state index is -0.323. The molecule has 2 unspecified atom stereocenters. The summed E-state index contributed by atoms with van der Waals surface area (Å²) in [6.07, 6.45) is 8.40. The van der Waals surface area contributed by atoms with Gasteiger partial charge in [-0.25, -0.2) is 0 Å². The van der Waals surface area contributed by atoms with Crippen molar-refractivity contribution in [2.75, 3.05) is 26.8 Å². The van der Waals surface area contributed by atoms with Crippen LogP contribution in [0.25, 0.3) is 0 Å². The molecule has 2 saturated carbocycles. The Kier molecular flexibility index (Phi) is 5.62. The van der Waals surface area contributed by atoms with Crippen molar-refractivity contribution in [2.24, 2.45) is 11.8 Å². The van der Waals surface area contributed by atoms with Crippen LogP contribution in [0.15, 0.2) is 42.5 Å². The molecule has 36 heavy (non-hydrogen) atoms. The number of likely N-dealkylation sites (tertiary alicyclic amines) is 1. The maximum absolute atomic E-state index is 13.1. The summed E-state index contributed by atoms with van der Waals surface area (Å²) >= 11 is 0. The lowest BCUT2D eigenvalue weighted by Crippen LogP contribution is -2.67. The van der Waals surface area contributed by atoms with E-state index in [1.807, 2.05) is 6.07 Å². The first-order valence-corrected chi connectivity index (χ1v) is 14.0. The van der Waals surface area contributed by atoms with Gasteiger partial charge >= 0.3 is 0 Å². The number of hydrogen-bond acceptors (Lipinski definition) is 5. The highest BCUT2D eigenvalue weighted by Gasteiger charge is 2.66. The molecule has 5 aliphatic rings. The van der Waals surface area contributed by atoms with E-state index in [2.05, 4.69) is 41.3 Å². The molecule has 1 spiro atoms. The highest BCUT2D eigenvalue weighted by atomic mass is 16.5. The van der Waals surface area contributed by atoms with Crippen LogP contribution >= 0.6 is 0 Å². The van der Waals surface area contributed by atoms with Crippen LogP contribution in [0.5, 0.6) is 11.5 Å². The van der Waals surface area contributed by atoms with Crippen molar-refractivity contribution in [1.29, 1.82) is 0 Å². The first kappa shape index (κ1) is 22.8. The molecule has 0 aromatic heterocycles. The summed E-state index contributed by atoms with van der Waals surface area (Å²) in [5.41, 5.74) is 3.92. The molecular formula is C31H37NO4. The molecular weight excluding hydrogens is 450 g/mol. The predicted molar refractivity (Wildman–Crippen MR) is 138 cm³/mol. The number of ketones is 1. The Bertz CT molecular complexity index is 1150. The normalized spacial score (nSPS) is 34.0. The van der Waals surface area contributed by atoms with E-state index in [-0.39, 0.29) is 17.3 Å². The van der Waals surface area contributed by atoms with Crippen LogP contribution in [0.3, 0.4) is 0 Å². The van der Waals surface area contributed by atoms with Crippen molar-refractivity contribution in [3.8, 4) is 11.5 Å². The second kappa shape index (κ2) is 8.88. The van der Waals surface area contributed by atoms with E-state index in [0.717, 1.165) is 63.3 Å². The molecule has 2 aliphatic heterocycles. The average Bonchev–Trinajstić information content (AvgIpc) is 3.24. The van der Waals surface area contributed by atoms with Gasteiger partial charge in [0.15, 0.2) is 23.4 Å². The molecule has 3 aliphatic carbocycles. The zero-order valence-electron chi connectivity index (χ0n) is 21.3. The van der Waals surface area contributed by atoms with Crippen molar-refractivity contribution < 1.29 is 19.0 Å². The standard InChI is InChI=1S/C31H37NO4/c1-34-27-14-9-21-18-24-23-11-12-25(33)30-31(23,28(21)29(27)36-30)15-16-32(24)19-22-10-13-26(22)35-17-5-8-20-6-3-2-4-7-20/h2-4,6-7,9,14,22-24,26,30H,5,8,10-13,15-19H2,1H3/t22?,23-,24+,26?,30-,31-/m0/s1. The molecule has 2 aromatic rings. The number of ether oxygens (including phenoxy) is 3. The van der Waals surface area contributed by atoms with Crippen LogP contribution in [0.4, 0.5) is 0 Å². The van der Waals surface area contributed by atoms with E-state index in [1.54, 1.807) is 7.11 Å². The smallest absolute Gasteiger partial charge is 0.174 e. The largest absolute Gasteiger partial charge is 0.493 e. The van der Waals surface area contributed by atoms with Gasteiger partial charge in [-0.05, 0) is 80.5 Å². The van der Waals surface area contributed by atoms with Gasteiger partial charge in [0.1, 0.15) is 0 Å². The van der Waals surface area contributed by atoms with E-state index in [1.165, 1.54) is 29.5 Å². The van der Waals surface area contributed by atoms with Crippen LogP contribution in [-0.4, -0.2) is 55.7 Å². The third kappa shape index (κ3) is 3.39. The van der Waals surface area contributed by atoms with Crippen molar-refractivity contribution in [3.63, 3.8) is 0 Å². The quantitative estimate of drug-likeness (QED) is 0.504. The molecule has 2 bridgehead atoms. The van der Waals surface area contributed by atoms with E-state index < -0.39 is 0 Å².